The van der Waals surface area contributed by atoms with Gasteiger partial charge in [0.15, 0.2) is 6.61 Å². The highest BCUT2D eigenvalue weighted by atomic mass is 16.5. The van der Waals surface area contributed by atoms with Crippen LogP contribution in [0.4, 0.5) is 0 Å². The Morgan fingerprint density at radius 3 is 2.67 bits per heavy atom. The van der Waals surface area contributed by atoms with Crippen LogP contribution in [0.2, 0.25) is 0 Å². The fourth-order valence-electron chi connectivity index (χ4n) is 2.07. The molecule has 0 aliphatic rings. The summed E-state index contributed by atoms with van der Waals surface area (Å²) in [5, 5.41) is 15.2. The van der Waals surface area contributed by atoms with Crippen molar-refractivity contribution in [2.45, 2.75) is 39.3 Å². The molecule has 1 unspecified atom stereocenters. The van der Waals surface area contributed by atoms with Gasteiger partial charge in [0.1, 0.15) is 5.75 Å². The van der Waals surface area contributed by atoms with Crippen LogP contribution >= 0.6 is 0 Å². The third-order valence-electron chi connectivity index (χ3n) is 3.13. The van der Waals surface area contributed by atoms with Crippen molar-refractivity contribution in [2.75, 3.05) is 6.54 Å². The highest BCUT2D eigenvalue weighted by Gasteiger charge is 2.04. The second-order valence-corrected chi connectivity index (χ2v) is 5.19. The van der Waals surface area contributed by atoms with E-state index in [-0.39, 0.29) is 0 Å². The van der Waals surface area contributed by atoms with Crippen molar-refractivity contribution in [3.63, 3.8) is 0 Å². The monoisotopic (exact) mass is 289 g/mol. The second-order valence-electron chi connectivity index (χ2n) is 5.19. The van der Waals surface area contributed by atoms with E-state index in [0.29, 0.717) is 18.5 Å². The van der Waals surface area contributed by atoms with Crippen molar-refractivity contribution in [1.29, 1.82) is 0 Å². The van der Waals surface area contributed by atoms with Gasteiger partial charge in [-0.2, -0.15) is 4.80 Å². The SMILES string of the molecule is CCCNC(C)Cc1ccc(OCc2nnn(C)n2)cc1. The zero-order chi connectivity index (χ0) is 15.1. The first kappa shape index (κ1) is 15.4. The van der Waals surface area contributed by atoms with Crippen LogP contribution in [-0.2, 0) is 20.1 Å². The van der Waals surface area contributed by atoms with Gasteiger partial charge in [-0.25, -0.2) is 0 Å². The second kappa shape index (κ2) is 7.73. The van der Waals surface area contributed by atoms with Crippen LogP contribution in [0.15, 0.2) is 24.3 Å². The van der Waals surface area contributed by atoms with E-state index in [9.17, 15) is 0 Å². The van der Waals surface area contributed by atoms with E-state index in [1.807, 2.05) is 12.1 Å². The van der Waals surface area contributed by atoms with E-state index in [1.165, 1.54) is 10.4 Å². The zero-order valence-corrected chi connectivity index (χ0v) is 12.9. The number of tetrazole rings is 1. The molecule has 6 heteroatoms. The number of hydrogen-bond acceptors (Lipinski definition) is 5. The molecule has 0 fully saturated rings. The molecule has 1 atom stereocenters. The number of ether oxygens (including phenoxy) is 1. The summed E-state index contributed by atoms with van der Waals surface area (Å²) >= 11 is 0. The smallest absolute Gasteiger partial charge is 0.212 e. The number of aromatic nitrogens is 4. The van der Waals surface area contributed by atoms with Crippen molar-refractivity contribution in [3.05, 3.63) is 35.7 Å². The Hall–Kier alpha value is -1.95. The van der Waals surface area contributed by atoms with E-state index in [1.54, 1.807) is 7.05 Å². The quantitative estimate of drug-likeness (QED) is 0.801. The molecule has 1 N–H and O–H groups in total. The summed E-state index contributed by atoms with van der Waals surface area (Å²) in [6, 6.07) is 8.66. The summed E-state index contributed by atoms with van der Waals surface area (Å²) in [6.45, 7) is 5.78. The molecule has 0 aliphatic carbocycles. The first-order valence-corrected chi connectivity index (χ1v) is 7.35. The van der Waals surface area contributed by atoms with E-state index in [0.717, 1.165) is 25.1 Å². The minimum absolute atomic E-state index is 0.335. The van der Waals surface area contributed by atoms with Crippen molar-refractivity contribution >= 4 is 0 Å². The van der Waals surface area contributed by atoms with Crippen LogP contribution in [0.5, 0.6) is 5.75 Å². The lowest BCUT2D eigenvalue weighted by molar-refractivity contribution is 0.295. The molecule has 0 amide bonds. The lowest BCUT2D eigenvalue weighted by Crippen LogP contribution is -2.28. The van der Waals surface area contributed by atoms with Crippen LogP contribution in [0.25, 0.3) is 0 Å². The van der Waals surface area contributed by atoms with Crippen molar-refractivity contribution in [3.8, 4) is 5.75 Å². The Morgan fingerprint density at radius 1 is 1.29 bits per heavy atom. The molecule has 2 rings (SSSR count). The number of nitrogens with zero attached hydrogens (tertiary/aromatic N) is 4. The van der Waals surface area contributed by atoms with E-state index in [2.05, 4.69) is 46.7 Å². The van der Waals surface area contributed by atoms with Crippen LogP contribution in [0, 0.1) is 0 Å². The van der Waals surface area contributed by atoms with Crippen LogP contribution in [0.1, 0.15) is 31.7 Å². The lowest BCUT2D eigenvalue weighted by Gasteiger charge is -2.13. The Labute approximate surface area is 125 Å². The predicted molar refractivity (Wildman–Crippen MR) is 81.0 cm³/mol. The molecule has 21 heavy (non-hydrogen) atoms. The van der Waals surface area contributed by atoms with Gasteiger partial charge >= 0.3 is 0 Å². The minimum atomic E-state index is 0.335. The van der Waals surface area contributed by atoms with E-state index >= 15 is 0 Å². The van der Waals surface area contributed by atoms with E-state index in [4.69, 9.17) is 4.74 Å². The molecule has 2 aromatic rings. The third-order valence-corrected chi connectivity index (χ3v) is 3.13. The summed E-state index contributed by atoms with van der Waals surface area (Å²) < 4.78 is 5.64. The largest absolute Gasteiger partial charge is 0.485 e. The normalized spacial score (nSPS) is 12.3. The molecule has 0 spiro atoms. The molecular weight excluding hydrogens is 266 g/mol. The lowest BCUT2D eigenvalue weighted by atomic mass is 10.1. The number of aryl methyl sites for hydroxylation is 1. The summed E-state index contributed by atoms with van der Waals surface area (Å²) in [7, 11) is 1.74. The summed E-state index contributed by atoms with van der Waals surface area (Å²) in [6.07, 6.45) is 2.18. The van der Waals surface area contributed by atoms with Gasteiger partial charge in [-0.1, -0.05) is 19.1 Å². The highest BCUT2D eigenvalue weighted by molar-refractivity contribution is 5.27. The summed E-state index contributed by atoms with van der Waals surface area (Å²) in [5.74, 6) is 1.40. The van der Waals surface area contributed by atoms with Crippen molar-refractivity contribution < 1.29 is 4.74 Å². The first-order chi connectivity index (χ1) is 10.2. The van der Waals surface area contributed by atoms with Crippen molar-refractivity contribution in [1.82, 2.24) is 25.5 Å². The molecule has 0 aliphatic heterocycles. The maximum Gasteiger partial charge on any atom is 0.212 e. The van der Waals surface area contributed by atoms with Gasteiger partial charge in [-0.05, 0) is 49.2 Å². The van der Waals surface area contributed by atoms with Gasteiger partial charge in [0.25, 0.3) is 0 Å². The minimum Gasteiger partial charge on any atom is -0.485 e. The van der Waals surface area contributed by atoms with Gasteiger partial charge in [-0.3, -0.25) is 0 Å². The maximum atomic E-state index is 5.64. The van der Waals surface area contributed by atoms with Crippen LogP contribution in [-0.4, -0.2) is 32.8 Å². The Kier molecular flexibility index (Phi) is 5.68. The highest BCUT2D eigenvalue weighted by Crippen LogP contribution is 2.14. The van der Waals surface area contributed by atoms with Crippen LogP contribution in [0.3, 0.4) is 0 Å². The average molecular weight is 289 g/mol. The molecule has 1 heterocycles. The Morgan fingerprint density at radius 2 is 2.05 bits per heavy atom. The first-order valence-electron chi connectivity index (χ1n) is 7.35. The molecule has 1 aromatic heterocycles. The molecule has 114 valence electrons. The number of benzene rings is 1. The van der Waals surface area contributed by atoms with E-state index < -0.39 is 0 Å². The van der Waals surface area contributed by atoms with Gasteiger partial charge in [0.2, 0.25) is 5.82 Å². The molecule has 0 saturated carbocycles. The molecule has 1 aromatic carbocycles. The van der Waals surface area contributed by atoms with Gasteiger partial charge in [-0.15, -0.1) is 10.2 Å². The fourth-order valence-corrected chi connectivity index (χ4v) is 2.07. The zero-order valence-electron chi connectivity index (χ0n) is 12.9. The molecule has 0 bridgehead atoms. The standard InChI is InChI=1S/C15H23N5O/c1-4-9-16-12(2)10-13-5-7-14(8-6-13)21-11-15-17-19-20(3)18-15/h5-8,12,16H,4,9-11H2,1-3H3. The fraction of sp³-hybridized carbons (Fsp3) is 0.533. The van der Waals surface area contributed by atoms with Gasteiger partial charge in [0, 0.05) is 6.04 Å². The summed E-state index contributed by atoms with van der Waals surface area (Å²) in [4.78, 5) is 1.42. The average Bonchev–Trinajstić information content (AvgIpc) is 2.90. The molecular formula is C15H23N5O. The number of rotatable bonds is 8. The van der Waals surface area contributed by atoms with Gasteiger partial charge < -0.3 is 10.1 Å². The summed E-state index contributed by atoms with van der Waals surface area (Å²) in [5.41, 5.74) is 1.30. The molecule has 0 radical (unpaired) electrons. The topological polar surface area (TPSA) is 64.9 Å². The van der Waals surface area contributed by atoms with Crippen LogP contribution < -0.4 is 10.1 Å². The Balaban J connectivity index is 1.81. The van der Waals surface area contributed by atoms with Gasteiger partial charge in [0.05, 0.1) is 7.05 Å². The molecule has 6 nitrogen and oxygen atoms in total. The molecule has 0 saturated heterocycles. The predicted octanol–water partition coefficient (Wildman–Crippen LogP) is 1.72. The third kappa shape index (κ3) is 5.15. The van der Waals surface area contributed by atoms with Crippen molar-refractivity contribution in [2.24, 2.45) is 7.05 Å². The maximum absolute atomic E-state index is 5.64. The number of nitrogens with one attached hydrogen (secondary N) is 1. The number of hydrogen-bond donors (Lipinski definition) is 1. The Bertz CT molecular complexity index is 537.